The molecule has 26 heavy (non-hydrogen) atoms. The molecule has 0 aliphatic carbocycles. The number of carbonyl (C=O) groups is 1. The van der Waals surface area contributed by atoms with E-state index in [9.17, 15) is 9.90 Å². The van der Waals surface area contributed by atoms with Gasteiger partial charge in [0.2, 0.25) is 5.91 Å². The predicted octanol–water partition coefficient (Wildman–Crippen LogP) is 4.50. The first-order chi connectivity index (χ1) is 12.6. The average molecular weight is 411 g/mol. The summed E-state index contributed by atoms with van der Waals surface area (Å²) in [6, 6.07) is 20.6. The molecule has 1 heterocycles. The fourth-order valence-corrected chi connectivity index (χ4v) is 3.25. The molecular formula is C21H19BrN2O2. The smallest absolute Gasteiger partial charge is 0.224 e. The number of nitrogens with one attached hydrogen (secondary N) is 1. The molecule has 0 spiro atoms. The zero-order chi connectivity index (χ0) is 18.4. The molecule has 0 saturated heterocycles. The molecule has 0 unspecified atom stereocenters. The Labute approximate surface area is 161 Å². The lowest BCUT2D eigenvalue weighted by Crippen LogP contribution is -2.29. The van der Waals surface area contributed by atoms with E-state index in [0.717, 1.165) is 15.6 Å². The molecule has 132 valence electrons. The fourth-order valence-electron chi connectivity index (χ4n) is 2.88. The van der Waals surface area contributed by atoms with Crippen molar-refractivity contribution in [3.05, 3.63) is 94.7 Å². The molecule has 0 aliphatic rings. The van der Waals surface area contributed by atoms with E-state index >= 15 is 0 Å². The van der Waals surface area contributed by atoms with Crippen LogP contribution in [0.1, 0.15) is 24.0 Å². The van der Waals surface area contributed by atoms with Crippen LogP contribution in [-0.2, 0) is 10.4 Å². The lowest BCUT2D eigenvalue weighted by atomic mass is 9.82. The second-order valence-corrected chi connectivity index (χ2v) is 6.95. The van der Waals surface area contributed by atoms with Gasteiger partial charge in [-0.1, -0.05) is 60.7 Å². The molecule has 3 rings (SSSR count). The van der Waals surface area contributed by atoms with Gasteiger partial charge in [0.15, 0.2) is 0 Å². The third-order valence-corrected chi connectivity index (χ3v) is 4.64. The van der Waals surface area contributed by atoms with Crippen molar-refractivity contribution in [1.29, 1.82) is 0 Å². The van der Waals surface area contributed by atoms with Gasteiger partial charge in [-0.05, 0) is 39.5 Å². The Bertz CT molecular complexity index is 830. The molecule has 0 aliphatic heterocycles. The zero-order valence-corrected chi connectivity index (χ0v) is 15.7. The van der Waals surface area contributed by atoms with Crippen molar-refractivity contribution in [3.8, 4) is 0 Å². The van der Waals surface area contributed by atoms with Crippen molar-refractivity contribution in [3.63, 3.8) is 0 Å². The lowest BCUT2D eigenvalue weighted by Gasteiger charge is -2.29. The van der Waals surface area contributed by atoms with Crippen molar-refractivity contribution >= 4 is 27.5 Å². The number of rotatable bonds is 6. The lowest BCUT2D eigenvalue weighted by molar-refractivity contribution is -0.117. The van der Waals surface area contributed by atoms with Crippen molar-refractivity contribution < 1.29 is 9.90 Å². The summed E-state index contributed by atoms with van der Waals surface area (Å²) in [6.07, 6.45) is 3.68. The van der Waals surface area contributed by atoms with E-state index in [2.05, 4.69) is 26.2 Å². The second kappa shape index (κ2) is 8.25. The van der Waals surface area contributed by atoms with Gasteiger partial charge in [0.25, 0.3) is 0 Å². The molecule has 3 aromatic rings. The van der Waals surface area contributed by atoms with Gasteiger partial charge in [-0.15, -0.1) is 0 Å². The minimum Gasteiger partial charge on any atom is -0.380 e. The normalized spacial score (nSPS) is 11.2. The molecule has 2 N–H and O–H groups in total. The van der Waals surface area contributed by atoms with E-state index in [0.29, 0.717) is 5.69 Å². The summed E-state index contributed by atoms with van der Waals surface area (Å²) in [6.45, 7) is 0. The Balaban J connectivity index is 1.78. The Hall–Kier alpha value is -2.50. The largest absolute Gasteiger partial charge is 0.380 e. The topological polar surface area (TPSA) is 62.2 Å². The van der Waals surface area contributed by atoms with E-state index in [1.54, 1.807) is 18.5 Å². The van der Waals surface area contributed by atoms with Gasteiger partial charge in [0.1, 0.15) is 5.60 Å². The summed E-state index contributed by atoms with van der Waals surface area (Å²) < 4.78 is 0.792. The number of aromatic nitrogens is 1. The minimum absolute atomic E-state index is 0.171. The number of benzene rings is 2. The van der Waals surface area contributed by atoms with Crippen molar-refractivity contribution in [2.24, 2.45) is 0 Å². The molecule has 1 amide bonds. The fraction of sp³-hybridized carbons (Fsp3) is 0.143. The quantitative estimate of drug-likeness (QED) is 0.628. The van der Waals surface area contributed by atoms with E-state index in [1.165, 1.54) is 0 Å². The van der Waals surface area contributed by atoms with Crippen LogP contribution in [0.4, 0.5) is 5.69 Å². The highest BCUT2D eigenvalue weighted by molar-refractivity contribution is 9.10. The SMILES string of the molecule is O=C(CCC(O)(c1ccccc1)c1ccccc1)Nc1cncc(Br)c1. The summed E-state index contributed by atoms with van der Waals surface area (Å²) in [5.41, 5.74) is 0.925. The number of anilines is 1. The molecule has 4 nitrogen and oxygen atoms in total. The Morgan fingerprint density at radius 1 is 1.00 bits per heavy atom. The summed E-state index contributed by atoms with van der Waals surface area (Å²) in [4.78, 5) is 16.4. The van der Waals surface area contributed by atoms with Crippen LogP contribution in [0.3, 0.4) is 0 Å². The van der Waals surface area contributed by atoms with Gasteiger partial charge < -0.3 is 10.4 Å². The highest BCUT2D eigenvalue weighted by Crippen LogP contribution is 2.34. The second-order valence-electron chi connectivity index (χ2n) is 6.03. The van der Waals surface area contributed by atoms with E-state index in [1.807, 2.05) is 60.7 Å². The Morgan fingerprint density at radius 3 is 2.12 bits per heavy atom. The summed E-state index contributed by atoms with van der Waals surface area (Å²) >= 11 is 3.33. The molecule has 0 saturated carbocycles. The highest BCUT2D eigenvalue weighted by Gasteiger charge is 2.31. The van der Waals surface area contributed by atoms with Crippen molar-refractivity contribution in [2.75, 3.05) is 5.32 Å². The van der Waals surface area contributed by atoms with E-state index < -0.39 is 5.60 Å². The van der Waals surface area contributed by atoms with Gasteiger partial charge in [0.05, 0.1) is 11.9 Å². The van der Waals surface area contributed by atoms with Crippen LogP contribution < -0.4 is 5.32 Å². The van der Waals surface area contributed by atoms with Crippen LogP contribution in [0.25, 0.3) is 0 Å². The van der Waals surface area contributed by atoms with Crippen LogP contribution in [0.15, 0.2) is 83.6 Å². The number of hydrogen-bond donors (Lipinski definition) is 2. The van der Waals surface area contributed by atoms with Gasteiger partial charge in [0, 0.05) is 17.1 Å². The third kappa shape index (κ3) is 4.36. The van der Waals surface area contributed by atoms with Gasteiger partial charge >= 0.3 is 0 Å². The maximum atomic E-state index is 12.4. The maximum absolute atomic E-state index is 12.4. The molecule has 0 bridgehead atoms. The third-order valence-electron chi connectivity index (χ3n) is 4.21. The Kier molecular flexibility index (Phi) is 5.81. The van der Waals surface area contributed by atoms with Gasteiger partial charge in [-0.3, -0.25) is 9.78 Å². The summed E-state index contributed by atoms with van der Waals surface area (Å²) in [5, 5.41) is 14.2. The molecular weight excluding hydrogens is 392 g/mol. The predicted molar refractivity (Wildman–Crippen MR) is 106 cm³/mol. The van der Waals surface area contributed by atoms with Crippen LogP contribution in [0.5, 0.6) is 0 Å². The molecule has 1 aromatic heterocycles. The zero-order valence-electron chi connectivity index (χ0n) is 14.1. The summed E-state index contributed by atoms with van der Waals surface area (Å²) in [5.74, 6) is -0.171. The van der Waals surface area contributed by atoms with Crippen LogP contribution in [0, 0.1) is 0 Å². The number of nitrogens with zero attached hydrogens (tertiary/aromatic N) is 1. The van der Waals surface area contributed by atoms with Crippen LogP contribution >= 0.6 is 15.9 Å². The summed E-state index contributed by atoms with van der Waals surface area (Å²) in [7, 11) is 0. The van der Waals surface area contributed by atoms with Crippen LogP contribution in [-0.4, -0.2) is 16.0 Å². The molecule has 5 heteroatoms. The first-order valence-corrected chi connectivity index (χ1v) is 9.11. The van der Waals surface area contributed by atoms with Gasteiger partial charge in [-0.2, -0.15) is 0 Å². The van der Waals surface area contributed by atoms with E-state index in [4.69, 9.17) is 0 Å². The van der Waals surface area contributed by atoms with Gasteiger partial charge in [-0.25, -0.2) is 0 Å². The highest BCUT2D eigenvalue weighted by atomic mass is 79.9. The number of hydrogen-bond acceptors (Lipinski definition) is 3. The number of amides is 1. The number of carbonyl (C=O) groups excluding carboxylic acids is 1. The first kappa shape index (κ1) is 18.3. The maximum Gasteiger partial charge on any atom is 0.224 e. The molecule has 0 atom stereocenters. The number of pyridine rings is 1. The standard InChI is InChI=1S/C21H19BrN2O2/c22-18-13-19(15-23-14-18)24-20(25)11-12-21(26,16-7-3-1-4-8-16)17-9-5-2-6-10-17/h1-10,13-15,26H,11-12H2,(H,24,25). The van der Waals surface area contributed by atoms with Crippen molar-refractivity contribution in [2.45, 2.75) is 18.4 Å². The van der Waals surface area contributed by atoms with E-state index in [-0.39, 0.29) is 18.7 Å². The van der Waals surface area contributed by atoms with Crippen molar-refractivity contribution in [1.82, 2.24) is 4.98 Å². The molecule has 2 aromatic carbocycles. The molecule has 0 fully saturated rings. The number of aliphatic hydroxyl groups is 1. The first-order valence-electron chi connectivity index (χ1n) is 8.32. The number of halogens is 1. The average Bonchev–Trinajstić information content (AvgIpc) is 2.67. The molecule has 0 radical (unpaired) electrons. The Morgan fingerprint density at radius 2 is 1.58 bits per heavy atom. The monoisotopic (exact) mass is 410 g/mol. The minimum atomic E-state index is -1.23. The van der Waals surface area contributed by atoms with Crippen LogP contribution in [0.2, 0.25) is 0 Å².